The van der Waals surface area contributed by atoms with E-state index in [1.165, 1.54) is 6.42 Å². The van der Waals surface area contributed by atoms with Crippen LogP contribution in [-0.2, 0) is 12.8 Å². The van der Waals surface area contributed by atoms with Gasteiger partial charge in [0.1, 0.15) is 5.82 Å². The zero-order chi connectivity index (χ0) is 14.1. The number of hydrogen-bond acceptors (Lipinski definition) is 2. The molecular weight excluding hydrogens is 272 g/mol. The van der Waals surface area contributed by atoms with Crippen molar-refractivity contribution in [2.45, 2.75) is 39.0 Å². The molecule has 0 amide bonds. The van der Waals surface area contributed by atoms with E-state index in [4.69, 9.17) is 11.6 Å². The molecule has 0 atom stereocenters. The normalized spacial score (nSPS) is 14.7. The fraction of sp³-hybridized carbons (Fsp3) is 0.375. The Hall–Kier alpha value is -1.61. The molecule has 0 saturated carbocycles. The van der Waals surface area contributed by atoms with Crippen LogP contribution in [0.4, 0.5) is 0 Å². The number of nitrogens with one attached hydrogen (secondary N) is 1. The van der Waals surface area contributed by atoms with Gasteiger partial charge in [0.2, 0.25) is 0 Å². The Balaban J connectivity index is 2.10. The zero-order valence-electron chi connectivity index (χ0n) is 11.5. The molecule has 0 spiro atoms. The van der Waals surface area contributed by atoms with E-state index in [9.17, 15) is 4.79 Å². The lowest BCUT2D eigenvalue weighted by molar-refractivity contribution is 0.708. The van der Waals surface area contributed by atoms with Gasteiger partial charge in [-0.2, -0.15) is 0 Å². The third kappa shape index (κ3) is 2.50. The number of fused-ring (bicyclic) bond motifs is 1. The van der Waals surface area contributed by atoms with Crippen LogP contribution >= 0.6 is 11.6 Å². The number of aromatic nitrogens is 2. The first-order chi connectivity index (χ1) is 9.65. The molecule has 0 aliphatic heterocycles. The molecule has 1 aliphatic carbocycles. The maximum Gasteiger partial charge on any atom is 0.254 e. The minimum atomic E-state index is 0.00333. The summed E-state index contributed by atoms with van der Waals surface area (Å²) >= 11 is 6.15. The monoisotopic (exact) mass is 288 g/mol. The molecule has 0 unspecified atom stereocenters. The highest BCUT2D eigenvalue weighted by Crippen LogP contribution is 2.24. The summed E-state index contributed by atoms with van der Waals surface area (Å²) in [5, 5.41) is 0.695. The maximum atomic E-state index is 12.2. The largest absolute Gasteiger partial charge is 0.306 e. The number of H-pyrrole nitrogens is 1. The topological polar surface area (TPSA) is 45.8 Å². The number of nitrogens with zero attached hydrogens (tertiary/aromatic N) is 1. The smallest absolute Gasteiger partial charge is 0.254 e. The van der Waals surface area contributed by atoms with Gasteiger partial charge >= 0.3 is 0 Å². The Bertz CT molecular complexity index is 706. The molecule has 1 aliphatic rings. The molecule has 3 nitrogen and oxygen atoms in total. The predicted molar refractivity (Wildman–Crippen MR) is 81.3 cm³/mol. The van der Waals surface area contributed by atoms with Crippen LogP contribution < -0.4 is 5.56 Å². The van der Waals surface area contributed by atoms with Crippen molar-refractivity contribution in [3.05, 3.63) is 50.4 Å². The van der Waals surface area contributed by atoms with E-state index in [1.54, 1.807) is 0 Å². The predicted octanol–water partition coefficient (Wildman–Crippen LogP) is 3.67. The first-order valence-electron chi connectivity index (χ1n) is 7.04. The molecule has 0 fully saturated rings. The Morgan fingerprint density at radius 1 is 1.20 bits per heavy atom. The van der Waals surface area contributed by atoms with Gasteiger partial charge in [0.15, 0.2) is 0 Å². The highest BCUT2D eigenvalue weighted by molar-refractivity contribution is 6.31. The maximum absolute atomic E-state index is 12.2. The van der Waals surface area contributed by atoms with Crippen molar-refractivity contribution >= 4 is 11.6 Å². The van der Waals surface area contributed by atoms with Crippen LogP contribution in [0.1, 0.15) is 36.1 Å². The van der Waals surface area contributed by atoms with Gasteiger partial charge in [-0.15, -0.1) is 0 Å². The van der Waals surface area contributed by atoms with E-state index >= 15 is 0 Å². The third-order valence-corrected chi connectivity index (χ3v) is 4.29. The quantitative estimate of drug-likeness (QED) is 0.814. The van der Waals surface area contributed by atoms with Gasteiger partial charge in [0.25, 0.3) is 5.56 Å². The Labute approximate surface area is 123 Å². The first-order valence-corrected chi connectivity index (χ1v) is 7.41. The standard InChI is InChI=1S/C16H17ClN2O/c1-10-7-8-11(9-13(10)17)15-18-14-6-4-2-3-5-12(14)16(20)19-15/h7-9H,2-6H2,1H3,(H,18,19,20). The van der Waals surface area contributed by atoms with E-state index in [1.807, 2.05) is 25.1 Å². The average Bonchev–Trinajstić information content (AvgIpc) is 2.67. The number of aromatic amines is 1. The third-order valence-electron chi connectivity index (χ3n) is 3.89. The Morgan fingerprint density at radius 3 is 2.80 bits per heavy atom. The van der Waals surface area contributed by atoms with E-state index in [-0.39, 0.29) is 5.56 Å². The number of halogens is 1. The SMILES string of the molecule is Cc1ccc(-c2nc3c(c(=O)[nH]2)CCCCC3)cc1Cl. The van der Waals surface area contributed by atoms with E-state index in [2.05, 4.69) is 9.97 Å². The summed E-state index contributed by atoms with van der Waals surface area (Å²) in [5.74, 6) is 0.623. The van der Waals surface area contributed by atoms with Crippen LogP contribution in [-0.4, -0.2) is 9.97 Å². The van der Waals surface area contributed by atoms with Crippen LogP contribution in [0.5, 0.6) is 0 Å². The molecular formula is C16H17ClN2O. The lowest BCUT2D eigenvalue weighted by Gasteiger charge is -2.08. The molecule has 20 heavy (non-hydrogen) atoms. The molecule has 0 saturated heterocycles. The second-order valence-corrected chi connectivity index (χ2v) is 5.77. The second kappa shape index (κ2) is 5.41. The molecule has 2 aromatic rings. The van der Waals surface area contributed by atoms with Crippen LogP contribution in [0.2, 0.25) is 5.02 Å². The second-order valence-electron chi connectivity index (χ2n) is 5.36. The van der Waals surface area contributed by atoms with Crippen LogP contribution in [0.25, 0.3) is 11.4 Å². The van der Waals surface area contributed by atoms with E-state index in [0.717, 1.165) is 48.1 Å². The van der Waals surface area contributed by atoms with Gasteiger partial charge in [-0.3, -0.25) is 4.79 Å². The molecule has 4 heteroatoms. The summed E-state index contributed by atoms with van der Waals surface area (Å²) in [6.45, 7) is 1.96. The zero-order valence-corrected chi connectivity index (χ0v) is 12.3. The van der Waals surface area contributed by atoms with Crippen LogP contribution in [0, 0.1) is 6.92 Å². The summed E-state index contributed by atoms with van der Waals surface area (Å²) < 4.78 is 0. The van der Waals surface area contributed by atoms with E-state index in [0.29, 0.717) is 10.8 Å². The lowest BCUT2D eigenvalue weighted by Crippen LogP contribution is -2.18. The van der Waals surface area contributed by atoms with Gasteiger partial charge in [0, 0.05) is 16.1 Å². The van der Waals surface area contributed by atoms with Gasteiger partial charge in [-0.1, -0.05) is 30.2 Å². The van der Waals surface area contributed by atoms with Crippen molar-refractivity contribution in [1.29, 1.82) is 0 Å². The summed E-state index contributed by atoms with van der Waals surface area (Å²) in [6.07, 6.45) is 5.09. The van der Waals surface area contributed by atoms with Crippen molar-refractivity contribution in [3.63, 3.8) is 0 Å². The Morgan fingerprint density at radius 2 is 2.00 bits per heavy atom. The molecule has 104 valence electrons. The molecule has 0 bridgehead atoms. The first kappa shape index (κ1) is 13.4. The fourth-order valence-corrected chi connectivity index (χ4v) is 2.84. The van der Waals surface area contributed by atoms with Crippen LogP contribution in [0.15, 0.2) is 23.0 Å². The summed E-state index contributed by atoms with van der Waals surface area (Å²) in [6, 6.07) is 5.75. The minimum absolute atomic E-state index is 0.00333. The fourth-order valence-electron chi connectivity index (χ4n) is 2.66. The summed E-state index contributed by atoms with van der Waals surface area (Å²) in [5.41, 5.74) is 3.71. The number of benzene rings is 1. The number of hydrogen-bond donors (Lipinski definition) is 1. The molecule has 3 rings (SSSR count). The van der Waals surface area contributed by atoms with Crippen molar-refractivity contribution in [2.24, 2.45) is 0 Å². The van der Waals surface area contributed by atoms with Crippen molar-refractivity contribution in [1.82, 2.24) is 9.97 Å². The lowest BCUT2D eigenvalue weighted by atomic mass is 10.1. The van der Waals surface area contributed by atoms with Crippen molar-refractivity contribution in [3.8, 4) is 11.4 Å². The van der Waals surface area contributed by atoms with Gasteiger partial charge in [-0.25, -0.2) is 4.98 Å². The molecule has 1 N–H and O–H groups in total. The highest BCUT2D eigenvalue weighted by Gasteiger charge is 2.15. The molecule has 1 aromatic heterocycles. The Kier molecular flexibility index (Phi) is 3.62. The number of aryl methyl sites for hydroxylation is 2. The van der Waals surface area contributed by atoms with Gasteiger partial charge in [-0.05, 0) is 44.2 Å². The van der Waals surface area contributed by atoms with Crippen molar-refractivity contribution < 1.29 is 0 Å². The van der Waals surface area contributed by atoms with Gasteiger partial charge in [0.05, 0.1) is 5.69 Å². The highest BCUT2D eigenvalue weighted by atomic mass is 35.5. The summed E-state index contributed by atoms with van der Waals surface area (Å²) in [7, 11) is 0. The van der Waals surface area contributed by atoms with Crippen LogP contribution in [0.3, 0.4) is 0 Å². The summed E-state index contributed by atoms with van der Waals surface area (Å²) in [4.78, 5) is 19.8. The van der Waals surface area contributed by atoms with Gasteiger partial charge < -0.3 is 4.98 Å². The molecule has 0 radical (unpaired) electrons. The number of rotatable bonds is 1. The molecule has 1 heterocycles. The average molecular weight is 289 g/mol. The minimum Gasteiger partial charge on any atom is -0.306 e. The van der Waals surface area contributed by atoms with E-state index < -0.39 is 0 Å². The van der Waals surface area contributed by atoms with Crippen molar-refractivity contribution in [2.75, 3.05) is 0 Å². The molecule has 1 aromatic carbocycles.